The van der Waals surface area contributed by atoms with E-state index in [1.54, 1.807) is 24.4 Å². The highest BCUT2D eigenvalue weighted by atomic mass is 16.5. The average molecular weight is 534 g/mol. The molecule has 0 fully saturated rings. The second kappa shape index (κ2) is 12.2. The summed E-state index contributed by atoms with van der Waals surface area (Å²) in [6.45, 7) is 1.80. The number of benzene rings is 3. The SMILES string of the molecule is Cc1c(C(=O)O)cccc1C(=O)O.N#Cc1[nH]c(=O)c2ccc(OCc3ccccn3)cc2c1-c1ccccc1. The zero-order valence-electron chi connectivity index (χ0n) is 21.3. The van der Waals surface area contributed by atoms with E-state index in [0.717, 1.165) is 11.3 Å². The van der Waals surface area contributed by atoms with Crippen LogP contribution in [0.25, 0.3) is 21.9 Å². The minimum atomic E-state index is -1.11. The van der Waals surface area contributed by atoms with Crippen LogP contribution < -0.4 is 10.3 Å². The van der Waals surface area contributed by atoms with Crippen LogP contribution in [0.5, 0.6) is 5.75 Å². The number of pyridine rings is 2. The lowest BCUT2D eigenvalue weighted by molar-refractivity contribution is 0.0696. The monoisotopic (exact) mass is 533 g/mol. The summed E-state index contributed by atoms with van der Waals surface area (Å²) in [4.78, 5) is 40.5. The van der Waals surface area contributed by atoms with Gasteiger partial charge in [-0.15, -0.1) is 0 Å². The molecule has 198 valence electrons. The number of ether oxygens (including phenoxy) is 1. The number of hydrogen-bond acceptors (Lipinski definition) is 6. The van der Waals surface area contributed by atoms with Gasteiger partial charge in [0.05, 0.1) is 16.8 Å². The predicted molar refractivity (Wildman–Crippen MR) is 148 cm³/mol. The highest BCUT2D eigenvalue weighted by Crippen LogP contribution is 2.31. The van der Waals surface area contributed by atoms with Gasteiger partial charge >= 0.3 is 11.9 Å². The van der Waals surface area contributed by atoms with Crippen molar-refractivity contribution in [1.82, 2.24) is 9.97 Å². The molecule has 0 aliphatic carbocycles. The molecule has 0 amide bonds. The lowest BCUT2D eigenvalue weighted by atomic mass is 9.97. The number of carboxylic acid groups (broad SMARTS) is 2. The maximum Gasteiger partial charge on any atom is 0.335 e. The molecule has 2 aromatic heterocycles. The number of H-pyrrole nitrogens is 1. The molecule has 40 heavy (non-hydrogen) atoms. The lowest BCUT2D eigenvalue weighted by Crippen LogP contribution is -2.10. The van der Waals surface area contributed by atoms with Crippen molar-refractivity contribution in [2.75, 3.05) is 0 Å². The van der Waals surface area contributed by atoms with E-state index in [9.17, 15) is 19.6 Å². The van der Waals surface area contributed by atoms with Crippen molar-refractivity contribution in [3.05, 3.63) is 130 Å². The molecule has 0 spiro atoms. The summed E-state index contributed by atoms with van der Waals surface area (Å²) >= 11 is 0. The fourth-order valence-electron chi connectivity index (χ4n) is 4.12. The van der Waals surface area contributed by atoms with Crippen molar-refractivity contribution in [2.45, 2.75) is 13.5 Å². The normalized spacial score (nSPS) is 10.2. The van der Waals surface area contributed by atoms with E-state index >= 15 is 0 Å². The van der Waals surface area contributed by atoms with Gasteiger partial charge in [0.15, 0.2) is 0 Å². The Balaban J connectivity index is 0.000000240. The molecule has 9 nitrogen and oxygen atoms in total. The van der Waals surface area contributed by atoms with Gasteiger partial charge in [0.25, 0.3) is 5.56 Å². The average Bonchev–Trinajstić information content (AvgIpc) is 2.97. The number of nitriles is 1. The molecule has 0 bridgehead atoms. The topological polar surface area (TPSA) is 153 Å². The van der Waals surface area contributed by atoms with Crippen molar-refractivity contribution >= 4 is 22.7 Å². The molecule has 9 heteroatoms. The first-order chi connectivity index (χ1) is 19.3. The second-order valence-electron chi connectivity index (χ2n) is 8.59. The fraction of sp³-hybridized carbons (Fsp3) is 0.0645. The molecule has 0 aliphatic rings. The number of nitrogens with zero attached hydrogens (tertiary/aromatic N) is 2. The van der Waals surface area contributed by atoms with E-state index in [0.29, 0.717) is 28.7 Å². The van der Waals surface area contributed by atoms with Crippen LogP contribution in [0.2, 0.25) is 0 Å². The molecule has 2 heterocycles. The van der Waals surface area contributed by atoms with Gasteiger partial charge in [-0.1, -0.05) is 42.5 Å². The quantitative estimate of drug-likeness (QED) is 0.261. The summed E-state index contributed by atoms with van der Waals surface area (Å²) in [5.74, 6) is -1.61. The Hall–Kier alpha value is -5.75. The molecule has 3 aromatic carbocycles. The number of carbonyl (C=O) groups is 2. The highest BCUT2D eigenvalue weighted by Gasteiger charge is 2.15. The summed E-state index contributed by atoms with van der Waals surface area (Å²) in [6.07, 6.45) is 1.71. The van der Waals surface area contributed by atoms with Gasteiger partial charge in [0, 0.05) is 22.5 Å². The first-order valence-corrected chi connectivity index (χ1v) is 12.0. The Morgan fingerprint density at radius 2 is 1.57 bits per heavy atom. The van der Waals surface area contributed by atoms with Crippen LogP contribution in [0, 0.1) is 18.3 Å². The molecular weight excluding hydrogens is 510 g/mol. The lowest BCUT2D eigenvalue weighted by Gasteiger charge is -2.11. The highest BCUT2D eigenvalue weighted by molar-refractivity contribution is 5.99. The predicted octanol–water partition coefficient (Wildman–Crippen LogP) is 5.43. The van der Waals surface area contributed by atoms with E-state index in [4.69, 9.17) is 14.9 Å². The largest absolute Gasteiger partial charge is 0.487 e. The van der Waals surface area contributed by atoms with Gasteiger partial charge in [-0.2, -0.15) is 5.26 Å². The van der Waals surface area contributed by atoms with E-state index < -0.39 is 11.9 Å². The smallest absolute Gasteiger partial charge is 0.335 e. The number of aromatic carboxylic acids is 2. The standard InChI is InChI=1S/C22H15N3O2.C9H8O4/c23-13-20-21(15-6-2-1-3-7-15)19-12-17(9-10-18(19)22(26)25-20)27-14-16-8-4-5-11-24-16;1-5-6(8(10)11)3-2-4-7(5)9(12)13/h1-12H,14H2,(H,25,26);2-4H,1H3,(H,10,11)(H,12,13). The maximum atomic E-state index is 12.4. The summed E-state index contributed by atoms with van der Waals surface area (Å²) in [7, 11) is 0. The van der Waals surface area contributed by atoms with Crippen LogP contribution in [0.4, 0.5) is 0 Å². The number of fused-ring (bicyclic) bond motifs is 1. The van der Waals surface area contributed by atoms with Gasteiger partial charge in [-0.05, 0) is 60.5 Å². The first-order valence-electron chi connectivity index (χ1n) is 12.0. The minimum absolute atomic E-state index is 0.0277. The molecule has 5 aromatic rings. The number of aromatic nitrogens is 2. The zero-order chi connectivity index (χ0) is 28.6. The Morgan fingerprint density at radius 1 is 0.900 bits per heavy atom. The molecule has 5 rings (SSSR count). The fourth-order valence-corrected chi connectivity index (χ4v) is 4.12. The molecule has 0 saturated carbocycles. The van der Waals surface area contributed by atoms with Crippen LogP contribution in [0.15, 0.2) is 95.9 Å². The van der Waals surface area contributed by atoms with Crippen LogP contribution in [-0.4, -0.2) is 32.1 Å². The third-order valence-corrected chi connectivity index (χ3v) is 6.08. The number of carboxylic acids is 2. The van der Waals surface area contributed by atoms with Crippen LogP contribution in [0.1, 0.15) is 37.7 Å². The van der Waals surface area contributed by atoms with E-state index in [1.165, 1.54) is 25.1 Å². The first kappa shape index (κ1) is 27.3. The molecular formula is C31H23N3O6. The number of rotatable bonds is 6. The Morgan fingerprint density at radius 3 is 2.17 bits per heavy atom. The van der Waals surface area contributed by atoms with Crippen molar-refractivity contribution < 1.29 is 24.5 Å². The van der Waals surface area contributed by atoms with E-state index in [1.807, 2.05) is 48.5 Å². The molecule has 0 saturated heterocycles. The molecule has 0 aliphatic heterocycles. The molecule has 0 unspecified atom stereocenters. The number of hydrogen-bond donors (Lipinski definition) is 3. The van der Waals surface area contributed by atoms with Gasteiger partial charge in [-0.3, -0.25) is 9.78 Å². The van der Waals surface area contributed by atoms with Gasteiger partial charge in [-0.25, -0.2) is 9.59 Å². The maximum absolute atomic E-state index is 12.4. The van der Waals surface area contributed by atoms with Gasteiger partial charge < -0.3 is 19.9 Å². The summed E-state index contributed by atoms with van der Waals surface area (Å²) < 4.78 is 5.85. The van der Waals surface area contributed by atoms with Gasteiger partial charge in [0.1, 0.15) is 24.1 Å². The van der Waals surface area contributed by atoms with Gasteiger partial charge in [0.2, 0.25) is 0 Å². The molecule has 0 atom stereocenters. The Kier molecular flexibility index (Phi) is 8.32. The van der Waals surface area contributed by atoms with Crippen molar-refractivity contribution in [2.24, 2.45) is 0 Å². The van der Waals surface area contributed by atoms with Crippen LogP contribution >= 0.6 is 0 Å². The number of nitrogens with one attached hydrogen (secondary N) is 1. The van der Waals surface area contributed by atoms with Crippen LogP contribution in [-0.2, 0) is 6.61 Å². The Labute approximate surface area is 228 Å². The minimum Gasteiger partial charge on any atom is -0.487 e. The van der Waals surface area contributed by atoms with Crippen molar-refractivity contribution in [3.8, 4) is 22.9 Å². The second-order valence-corrected chi connectivity index (χ2v) is 8.59. The van der Waals surface area contributed by atoms with E-state index in [-0.39, 0.29) is 27.9 Å². The van der Waals surface area contributed by atoms with E-state index in [2.05, 4.69) is 16.0 Å². The molecule has 3 N–H and O–H groups in total. The third kappa shape index (κ3) is 6.03. The Bertz CT molecular complexity index is 1760. The summed E-state index contributed by atoms with van der Waals surface area (Å²) in [5, 5.41) is 28.1. The molecule has 0 radical (unpaired) electrons. The number of aromatic amines is 1. The van der Waals surface area contributed by atoms with Crippen LogP contribution in [0.3, 0.4) is 0 Å². The summed E-state index contributed by atoms with van der Waals surface area (Å²) in [5.41, 5.74) is 2.64. The van der Waals surface area contributed by atoms with Crippen molar-refractivity contribution in [1.29, 1.82) is 5.26 Å². The van der Waals surface area contributed by atoms with Crippen molar-refractivity contribution in [3.63, 3.8) is 0 Å². The third-order valence-electron chi connectivity index (χ3n) is 6.08. The summed E-state index contributed by atoms with van der Waals surface area (Å²) in [6, 6.07) is 26.7. The zero-order valence-corrected chi connectivity index (χ0v) is 21.3.